The number of methoxy groups -OCH3 is 1. The Bertz CT molecular complexity index is 665. The molecule has 0 bridgehead atoms. The number of aromatic nitrogens is 3. The fourth-order valence-electron chi connectivity index (χ4n) is 2.26. The predicted molar refractivity (Wildman–Crippen MR) is 80.4 cm³/mol. The number of hydrogen-bond acceptors (Lipinski definition) is 5. The van der Waals surface area contributed by atoms with E-state index in [1.165, 1.54) is 20.0 Å². The van der Waals surface area contributed by atoms with E-state index in [4.69, 9.17) is 4.74 Å². The van der Waals surface area contributed by atoms with E-state index in [1.54, 1.807) is 17.8 Å². The van der Waals surface area contributed by atoms with E-state index in [1.807, 2.05) is 25.1 Å². The number of hydrogen-bond donors (Lipinski definition) is 0. The molecule has 0 saturated heterocycles. The molecule has 110 valence electrons. The molecule has 0 aliphatic heterocycles. The van der Waals surface area contributed by atoms with Gasteiger partial charge in [-0.25, -0.2) is 4.79 Å². The van der Waals surface area contributed by atoms with E-state index in [9.17, 15) is 4.79 Å². The van der Waals surface area contributed by atoms with Gasteiger partial charge in [0.1, 0.15) is 5.82 Å². The van der Waals surface area contributed by atoms with Gasteiger partial charge in [-0.3, -0.25) is 0 Å². The molecule has 5 nitrogen and oxygen atoms in total. The van der Waals surface area contributed by atoms with Crippen molar-refractivity contribution < 1.29 is 9.53 Å². The summed E-state index contributed by atoms with van der Waals surface area (Å²) in [6.45, 7) is 1.99. The van der Waals surface area contributed by atoms with Crippen molar-refractivity contribution in [2.24, 2.45) is 0 Å². The van der Waals surface area contributed by atoms with Gasteiger partial charge in [0.2, 0.25) is 0 Å². The normalized spacial score (nSPS) is 14.2. The summed E-state index contributed by atoms with van der Waals surface area (Å²) in [5.74, 6) is 1.43. The van der Waals surface area contributed by atoms with Crippen molar-refractivity contribution in [1.82, 2.24) is 14.8 Å². The van der Waals surface area contributed by atoms with E-state index < -0.39 is 0 Å². The quantitative estimate of drug-likeness (QED) is 0.628. The fraction of sp³-hybridized carbons (Fsp3) is 0.400. The number of thioether (sulfide) groups is 1. The van der Waals surface area contributed by atoms with Gasteiger partial charge in [-0.2, -0.15) is 0 Å². The van der Waals surface area contributed by atoms with Crippen LogP contribution in [0.1, 0.15) is 40.6 Å². The lowest BCUT2D eigenvalue weighted by Crippen LogP contribution is -2.02. The average molecular weight is 303 g/mol. The Morgan fingerprint density at radius 2 is 2.24 bits per heavy atom. The number of esters is 1. The van der Waals surface area contributed by atoms with Crippen molar-refractivity contribution in [3.05, 3.63) is 41.2 Å². The molecule has 6 heteroatoms. The summed E-state index contributed by atoms with van der Waals surface area (Å²) >= 11 is 1.65. The largest absolute Gasteiger partial charge is 0.465 e. The summed E-state index contributed by atoms with van der Waals surface area (Å²) in [4.78, 5) is 11.5. The number of rotatable bonds is 5. The highest BCUT2D eigenvalue weighted by atomic mass is 32.2. The molecule has 0 unspecified atom stereocenters. The van der Waals surface area contributed by atoms with Gasteiger partial charge >= 0.3 is 5.97 Å². The Balaban J connectivity index is 1.72. The third-order valence-corrected chi connectivity index (χ3v) is 4.48. The van der Waals surface area contributed by atoms with Crippen LogP contribution >= 0.6 is 11.8 Å². The van der Waals surface area contributed by atoms with Crippen LogP contribution in [0.4, 0.5) is 0 Å². The smallest absolute Gasteiger partial charge is 0.337 e. The highest BCUT2D eigenvalue weighted by Crippen LogP contribution is 2.39. The minimum atomic E-state index is -0.307. The number of nitrogens with zero attached hydrogens (tertiary/aromatic N) is 3. The summed E-state index contributed by atoms with van der Waals surface area (Å²) in [5.41, 5.74) is 1.65. The van der Waals surface area contributed by atoms with Crippen LogP contribution in [0.2, 0.25) is 0 Å². The van der Waals surface area contributed by atoms with Crippen LogP contribution in [0.15, 0.2) is 29.4 Å². The minimum absolute atomic E-state index is 0.307. The Hall–Kier alpha value is -1.82. The van der Waals surface area contributed by atoms with Gasteiger partial charge in [-0.1, -0.05) is 23.9 Å². The van der Waals surface area contributed by atoms with Crippen LogP contribution in [0.3, 0.4) is 0 Å². The molecule has 21 heavy (non-hydrogen) atoms. The zero-order valence-corrected chi connectivity index (χ0v) is 12.9. The third kappa shape index (κ3) is 3.10. The molecule has 1 fully saturated rings. The van der Waals surface area contributed by atoms with E-state index >= 15 is 0 Å². The van der Waals surface area contributed by atoms with Crippen molar-refractivity contribution in [3.8, 4) is 0 Å². The van der Waals surface area contributed by atoms with Crippen molar-refractivity contribution in [3.63, 3.8) is 0 Å². The van der Waals surface area contributed by atoms with Gasteiger partial charge in [0.25, 0.3) is 0 Å². The highest BCUT2D eigenvalue weighted by Gasteiger charge is 2.28. The highest BCUT2D eigenvalue weighted by molar-refractivity contribution is 7.98. The molecule has 3 rings (SSSR count). The summed E-state index contributed by atoms with van der Waals surface area (Å²) in [6.07, 6.45) is 2.43. The summed E-state index contributed by atoms with van der Waals surface area (Å²) in [6, 6.07) is 8.08. The van der Waals surface area contributed by atoms with Crippen molar-refractivity contribution in [2.75, 3.05) is 7.11 Å². The van der Waals surface area contributed by atoms with E-state index in [0.717, 1.165) is 22.3 Å². The fourth-order valence-corrected chi connectivity index (χ4v) is 3.25. The predicted octanol–water partition coefficient (Wildman–Crippen LogP) is 3.00. The second kappa shape index (κ2) is 5.89. The molecule has 1 aliphatic rings. The van der Waals surface area contributed by atoms with Crippen LogP contribution < -0.4 is 0 Å². The summed E-state index contributed by atoms with van der Waals surface area (Å²) < 4.78 is 6.96. The van der Waals surface area contributed by atoms with Crippen molar-refractivity contribution in [2.45, 2.75) is 36.7 Å². The SMILES string of the molecule is COC(=O)c1cccc(CSc2nnc(C)n2C2CC2)c1. The molecule has 1 saturated carbocycles. The van der Waals surface area contributed by atoms with E-state index in [0.29, 0.717) is 11.6 Å². The topological polar surface area (TPSA) is 57.0 Å². The minimum Gasteiger partial charge on any atom is -0.465 e. The molecule has 1 aromatic carbocycles. The maximum atomic E-state index is 11.5. The van der Waals surface area contributed by atoms with Crippen molar-refractivity contribution in [1.29, 1.82) is 0 Å². The molecular weight excluding hydrogens is 286 g/mol. The number of aryl methyl sites for hydroxylation is 1. The maximum absolute atomic E-state index is 11.5. The molecular formula is C15H17N3O2S. The molecule has 0 spiro atoms. The Labute approximate surface area is 127 Å². The second-order valence-corrected chi connectivity index (χ2v) is 6.05. The first-order valence-corrected chi connectivity index (χ1v) is 7.89. The zero-order chi connectivity index (χ0) is 14.8. The lowest BCUT2D eigenvalue weighted by molar-refractivity contribution is 0.0600. The molecule has 0 N–H and O–H groups in total. The lowest BCUT2D eigenvalue weighted by Gasteiger charge is -2.07. The van der Waals surface area contributed by atoms with Gasteiger partial charge in [0.15, 0.2) is 5.16 Å². The third-order valence-electron chi connectivity index (χ3n) is 3.46. The molecule has 1 heterocycles. The molecule has 1 aliphatic carbocycles. The summed E-state index contributed by atoms with van der Waals surface area (Å²) in [5, 5.41) is 9.37. The first kappa shape index (κ1) is 14.1. The molecule has 0 amide bonds. The van der Waals surface area contributed by atoms with Crippen molar-refractivity contribution >= 4 is 17.7 Å². The zero-order valence-electron chi connectivity index (χ0n) is 12.1. The number of carbonyl (C=O) groups is 1. The maximum Gasteiger partial charge on any atom is 0.337 e. The van der Waals surface area contributed by atoms with Gasteiger partial charge in [-0.05, 0) is 37.5 Å². The standard InChI is InChI=1S/C15H17N3O2S/c1-10-16-17-15(18(10)13-6-7-13)21-9-11-4-3-5-12(8-11)14(19)20-2/h3-5,8,13H,6-7,9H2,1-2H3. The molecule has 1 aromatic heterocycles. The number of benzene rings is 1. The first-order valence-electron chi connectivity index (χ1n) is 6.90. The Morgan fingerprint density at radius 3 is 2.95 bits per heavy atom. The van der Waals surface area contributed by atoms with Gasteiger partial charge < -0.3 is 9.30 Å². The molecule has 0 radical (unpaired) electrons. The van der Waals surface area contributed by atoms with Crippen LogP contribution in [-0.2, 0) is 10.5 Å². The Kier molecular flexibility index (Phi) is 3.96. The van der Waals surface area contributed by atoms with Crippen LogP contribution in [0.5, 0.6) is 0 Å². The average Bonchev–Trinajstić information content (AvgIpc) is 3.28. The van der Waals surface area contributed by atoms with E-state index in [-0.39, 0.29) is 5.97 Å². The summed E-state index contributed by atoms with van der Waals surface area (Å²) in [7, 11) is 1.39. The Morgan fingerprint density at radius 1 is 1.43 bits per heavy atom. The molecule has 0 atom stereocenters. The van der Waals surface area contributed by atoms with Crippen LogP contribution in [0.25, 0.3) is 0 Å². The van der Waals surface area contributed by atoms with Gasteiger partial charge in [-0.15, -0.1) is 10.2 Å². The lowest BCUT2D eigenvalue weighted by atomic mass is 10.1. The number of carbonyl (C=O) groups excluding carboxylic acids is 1. The van der Waals surface area contributed by atoms with Gasteiger partial charge in [0, 0.05) is 11.8 Å². The van der Waals surface area contributed by atoms with E-state index in [2.05, 4.69) is 14.8 Å². The molecule has 2 aromatic rings. The second-order valence-electron chi connectivity index (χ2n) is 5.11. The van der Waals surface area contributed by atoms with Gasteiger partial charge in [0.05, 0.1) is 12.7 Å². The van der Waals surface area contributed by atoms with Crippen LogP contribution in [-0.4, -0.2) is 27.8 Å². The van der Waals surface area contributed by atoms with Crippen LogP contribution in [0, 0.1) is 6.92 Å². The number of ether oxygens (including phenoxy) is 1. The first-order chi connectivity index (χ1) is 10.2. The monoisotopic (exact) mass is 303 g/mol.